The summed E-state index contributed by atoms with van der Waals surface area (Å²) >= 11 is 0. The summed E-state index contributed by atoms with van der Waals surface area (Å²) in [4.78, 5) is 38.4. The topological polar surface area (TPSA) is 75.7 Å². The van der Waals surface area contributed by atoms with Crippen LogP contribution in [0.1, 0.15) is 34.8 Å². The van der Waals surface area contributed by atoms with Gasteiger partial charge in [0, 0.05) is 12.2 Å². The second-order valence-corrected chi connectivity index (χ2v) is 6.57. The highest BCUT2D eigenvalue weighted by molar-refractivity contribution is 5.96. The van der Waals surface area contributed by atoms with Crippen LogP contribution < -0.4 is 5.32 Å². The van der Waals surface area contributed by atoms with Crippen molar-refractivity contribution in [1.29, 1.82) is 0 Å². The summed E-state index contributed by atoms with van der Waals surface area (Å²) < 4.78 is 5.16. The molecule has 0 aliphatic carbocycles. The zero-order valence-corrected chi connectivity index (χ0v) is 16.5. The molecule has 0 fully saturated rings. The fourth-order valence-corrected chi connectivity index (χ4v) is 2.74. The van der Waals surface area contributed by atoms with E-state index in [1.165, 1.54) is 4.90 Å². The van der Waals surface area contributed by atoms with Gasteiger partial charge in [0.25, 0.3) is 5.91 Å². The molecule has 0 aliphatic rings. The van der Waals surface area contributed by atoms with Crippen LogP contribution in [-0.4, -0.2) is 42.4 Å². The molecule has 0 aromatic heterocycles. The van der Waals surface area contributed by atoms with Gasteiger partial charge in [0.1, 0.15) is 0 Å². The first-order valence-corrected chi connectivity index (χ1v) is 9.28. The highest BCUT2D eigenvalue weighted by Gasteiger charge is 2.19. The summed E-state index contributed by atoms with van der Waals surface area (Å²) in [5.74, 6) is -1.24. The van der Waals surface area contributed by atoms with Gasteiger partial charge in [-0.1, -0.05) is 43.3 Å². The number of para-hydroxylation sites is 1. The van der Waals surface area contributed by atoms with Crippen LogP contribution in [0.4, 0.5) is 5.69 Å². The van der Waals surface area contributed by atoms with E-state index >= 15 is 0 Å². The standard InChI is InChI=1S/C22H26N2O4/c1-4-13-24(14-20(25)23-19-12-8-6-10-17(19)3)21(26)15-28-22(27)18-11-7-5-9-16(18)2/h5-12H,4,13-15H2,1-3H3,(H,23,25). The molecule has 2 amide bonds. The molecule has 6 nitrogen and oxygen atoms in total. The molecule has 0 atom stereocenters. The van der Waals surface area contributed by atoms with E-state index in [1.807, 2.05) is 44.2 Å². The van der Waals surface area contributed by atoms with E-state index in [-0.39, 0.29) is 12.5 Å². The maximum absolute atomic E-state index is 12.5. The van der Waals surface area contributed by atoms with Gasteiger partial charge in [-0.3, -0.25) is 9.59 Å². The molecule has 2 aromatic carbocycles. The lowest BCUT2D eigenvalue weighted by Crippen LogP contribution is -2.40. The first-order valence-electron chi connectivity index (χ1n) is 9.28. The van der Waals surface area contributed by atoms with E-state index < -0.39 is 18.5 Å². The smallest absolute Gasteiger partial charge is 0.338 e. The maximum Gasteiger partial charge on any atom is 0.338 e. The van der Waals surface area contributed by atoms with Crippen molar-refractivity contribution < 1.29 is 19.1 Å². The van der Waals surface area contributed by atoms with E-state index in [1.54, 1.807) is 25.1 Å². The Morgan fingerprint density at radius 1 is 0.964 bits per heavy atom. The van der Waals surface area contributed by atoms with Crippen molar-refractivity contribution in [3.05, 3.63) is 65.2 Å². The van der Waals surface area contributed by atoms with Gasteiger partial charge in [-0.25, -0.2) is 4.79 Å². The van der Waals surface area contributed by atoms with Crippen LogP contribution in [0.5, 0.6) is 0 Å². The molecule has 6 heteroatoms. The minimum Gasteiger partial charge on any atom is -0.452 e. The number of carbonyl (C=O) groups excluding carboxylic acids is 3. The zero-order chi connectivity index (χ0) is 20.5. The number of hydrogen-bond acceptors (Lipinski definition) is 4. The van der Waals surface area contributed by atoms with Gasteiger partial charge in [-0.2, -0.15) is 0 Å². The molecule has 0 aliphatic heterocycles. The second kappa shape index (κ2) is 10.3. The lowest BCUT2D eigenvalue weighted by molar-refractivity contribution is -0.137. The van der Waals surface area contributed by atoms with Gasteiger partial charge in [0.15, 0.2) is 6.61 Å². The first kappa shape index (κ1) is 21.2. The van der Waals surface area contributed by atoms with Crippen molar-refractivity contribution in [3.63, 3.8) is 0 Å². The Labute approximate surface area is 165 Å². The fourth-order valence-electron chi connectivity index (χ4n) is 2.74. The molecule has 0 saturated heterocycles. The Bertz CT molecular complexity index is 848. The van der Waals surface area contributed by atoms with Crippen LogP contribution in [0, 0.1) is 13.8 Å². The zero-order valence-electron chi connectivity index (χ0n) is 16.5. The molecule has 0 radical (unpaired) electrons. The van der Waals surface area contributed by atoms with Crippen molar-refractivity contribution in [2.24, 2.45) is 0 Å². The average molecular weight is 382 g/mol. The number of ether oxygens (including phenoxy) is 1. The normalized spacial score (nSPS) is 10.2. The van der Waals surface area contributed by atoms with E-state index in [9.17, 15) is 14.4 Å². The van der Waals surface area contributed by atoms with E-state index in [0.717, 1.165) is 11.1 Å². The number of amides is 2. The Hall–Kier alpha value is -3.15. The highest BCUT2D eigenvalue weighted by atomic mass is 16.5. The molecular formula is C22H26N2O4. The van der Waals surface area contributed by atoms with Crippen molar-refractivity contribution in [3.8, 4) is 0 Å². The molecule has 0 unspecified atom stereocenters. The summed E-state index contributed by atoms with van der Waals surface area (Å²) in [7, 11) is 0. The molecule has 148 valence electrons. The van der Waals surface area contributed by atoms with Crippen LogP contribution in [0.25, 0.3) is 0 Å². The van der Waals surface area contributed by atoms with Gasteiger partial charge in [-0.15, -0.1) is 0 Å². The third kappa shape index (κ3) is 5.94. The van der Waals surface area contributed by atoms with Gasteiger partial charge < -0.3 is 15.0 Å². The van der Waals surface area contributed by atoms with Crippen molar-refractivity contribution in [1.82, 2.24) is 4.90 Å². The second-order valence-electron chi connectivity index (χ2n) is 6.57. The van der Waals surface area contributed by atoms with E-state index in [4.69, 9.17) is 4.74 Å². The van der Waals surface area contributed by atoms with Crippen molar-refractivity contribution in [2.45, 2.75) is 27.2 Å². The van der Waals surface area contributed by atoms with Crippen molar-refractivity contribution in [2.75, 3.05) is 25.0 Å². The molecule has 2 rings (SSSR count). The monoisotopic (exact) mass is 382 g/mol. The van der Waals surface area contributed by atoms with Crippen LogP contribution >= 0.6 is 0 Å². The number of aryl methyl sites for hydroxylation is 2. The largest absolute Gasteiger partial charge is 0.452 e. The highest BCUT2D eigenvalue weighted by Crippen LogP contribution is 2.13. The van der Waals surface area contributed by atoms with Crippen LogP contribution in [-0.2, 0) is 14.3 Å². The number of benzene rings is 2. The average Bonchev–Trinajstić information content (AvgIpc) is 2.67. The third-order valence-electron chi connectivity index (χ3n) is 4.29. The van der Waals surface area contributed by atoms with Gasteiger partial charge in [0.05, 0.1) is 12.1 Å². The fraction of sp³-hybridized carbons (Fsp3) is 0.318. The number of rotatable bonds is 8. The minimum atomic E-state index is -0.549. The Morgan fingerprint density at radius 3 is 2.25 bits per heavy atom. The third-order valence-corrected chi connectivity index (χ3v) is 4.29. The molecule has 0 saturated carbocycles. The SMILES string of the molecule is CCCN(CC(=O)Nc1ccccc1C)C(=O)COC(=O)c1ccccc1C. The van der Waals surface area contributed by atoms with Crippen molar-refractivity contribution >= 4 is 23.5 Å². The van der Waals surface area contributed by atoms with E-state index in [0.29, 0.717) is 24.2 Å². The summed E-state index contributed by atoms with van der Waals surface area (Å²) in [6.07, 6.45) is 0.690. The minimum absolute atomic E-state index is 0.0943. The lowest BCUT2D eigenvalue weighted by atomic mass is 10.1. The predicted octanol–water partition coefficient (Wildman–Crippen LogP) is 3.34. The molecule has 28 heavy (non-hydrogen) atoms. The number of esters is 1. The summed E-state index contributed by atoms with van der Waals surface area (Å²) in [6.45, 7) is 5.53. The summed E-state index contributed by atoms with van der Waals surface area (Å²) in [5, 5.41) is 2.81. The van der Waals surface area contributed by atoms with Gasteiger partial charge in [0.2, 0.25) is 5.91 Å². The number of hydrogen-bond donors (Lipinski definition) is 1. The maximum atomic E-state index is 12.5. The number of nitrogens with zero attached hydrogens (tertiary/aromatic N) is 1. The molecule has 2 aromatic rings. The quantitative estimate of drug-likeness (QED) is 0.711. The Balaban J connectivity index is 1.94. The first-order chi connectivity index (χ1) is 13.4. The molecule has 0 bridgehead atoms. The predicted molar refractivity (Wildman–Crippen MR) is 108 cm³/mol. The Morgan fingerprint density at radius 2 is 1.61 bits per heavy atom. The van der Waals surface area contributed by atoms with E-state index in [2.05, 4.69) is 5.32 Å². The molecule has 0 heterocycles. The van der Waals surface area contributed by atoms with Gasteiger partial charge in [-0.05, 0) is 43.5 Å². The number of nitrogens with one attached hydrogen (secondary N) is 1. The van der Waals surface area contributed by atoms with Crippen LogP contribution in [0.2, 0.25) is 0 Å². The van der Waals surface area contributed by atoms with Crippen LogP contribution in [0.3, 0.4) is 0 Å². The molecule has 0 spiro atoms. The molecule has 1 N–H and O–H groups in total. The summed E-state index contributed by atoms with van der Waals surface area (Å²) in [5.41, 5.74) is 2.86. The Kier molecular flexibility index (Phi) is 7.75. The number of anilines is 1. The van der Waals surface area contributed by atoms with Crippen LogP contribution in [0.15, 0.2) is 48.5 Å². The number of carbonyl (C=O) groups is 3. The molecular weight excluding hydrogens is 356 g/mol. The summed E-state index contributed by atoms with van der Waals surface area (Å²) in [6, 6.07) is 14.5. The van der Waals surface area contributed by atoms with Gasteiger partial charge >= 0.3 is 5.97 Å². The lowest BCUT2D eigenvalue weighted by Gasteiger charge is -2.21.